The molecule has 1 saturated heterocycles. The SMILES string of the molecule is CC1(C)CN(CCC2CCCC2(O)CN)CC(C)(C)O1. The molecular formula is C16H32N2O2. The first-order valence-corrected chi connectivity index (χ1v) is 8.01. The summed E-state index contributed by atoms with van der Waals surface area (Å²) in [6.45, 7) is 12.0. The van der Waals surface area contributed by atoms with Gasteiger partial charge in [0.05, 0.1) is 16.8 Å². The zero-order chi connectivity index (χ0) is 15.0. The van der Waals surface area contributed by atoms with Crippen molar-refractivity contribution in [1.82, 2.24) is 4.90 Å². The Bertz CT molecular complexity index is 327. The maximum absolute atomic E-state index is 10.5. The molecule has 0 amide bonds. The van der Waals surface area contributed by atoms with Gasteiger partial charge in [0.15, 0.2) is 0 Å². The molecule has 2 aliphatic rings. The number of aliphatic hydroxyl groups is 1. The predicted molar refractivity (Wildman–Crippen MR) is 81.6 cm³/mol. The van der Waals surface area contributed by atoms with Crippen molar-refractivity contribution in [3.05, 3.63) is 0 Å². The van der Waals surface area contributed by atoms with Gasteiger partial charge in [-0.2, -0.15) is 0 Å². The molecule has 4 nitrogen and oxygen atoms in total. The van der Waals surface area contributed by atoms with E-state index in [0.717, 1.165) is 45.3 Å². The summed E-state index contributed by atoms with van der Waals surface area (Å²) in [5.41, 5.74) is 4.96. The molecule has 0 aromatic heterocycles. The lowest BCUT2D eigenvalue weighted by atomic mass is 9.87. The van der Waals surface area contributed by atoms with Crippen LogP contribution in [0.5, 0.6) is 0 Å². The van der Waals surface area contributed by atoms with Crippen LogP contribution >= 0.6 is 0 Å². The van der Waals surface area contributed by atoms with Gasteiger partial charge in [-0.3, -0.25) is 4.90 Å². The van der Waals surface area contributed by atoms with Gasteiger partial charge >= 0.3 is 0 Å². The minimum atomic E-state index is -0.614. The molecule has 2 rings (SSSR count). The Morgan fingerprint density at radius 2 is 1.80 bits per heavy atom. The van der Waals surface area contributed by atoms with E-state index in [2.05, 4.69) is 32.6 Å². The van der Waals surface area contributed by atoms with Crippen LogP contribution in [0.4, 0.5) is 0 Å². The van der Waals surface area contributed by atoms with E-state index < -0.39 is 5.60 Å². The minimum absolute atomic E-state index is 0.0956. The van der Waals surface area contributed by atoms with Crippen LogP contribution in [0.1, 0.15) is 53.4 Å². The summed E-state index contributed by atoms with van der Waals surface area (Å²) in [4.78, 5) is 2.48. The van der Waals surface area contributed by atoms with Crippen LogP contribution in [0.25, 0.3) is 0 Å². The van der Waals surface area contributed by atoms with Gasteiger partial charge in [-0.05, 0) is 59.4 Å². The molecule has 0 bridgehead atoms. The number of nitrogens with two attached hydrogens (primary N) is 1. The summed E-state index contributed by atoms with van der Waals surface area (Å²) < 4.78 is 6.11. The zero-order valence-electron chi connectivity index (χ0n) is 13.6. The van der Waals surface area contributed by atoms with Crippen molar-refractivity contribution in [2.75, 3.05) is 26.2 Å². The van der Waals surface area contributed by atoms with E-state index in [1.165, 1.54) is 0 Å². The summed E-state index contributed by atoms with van der Waals surface area (Å²) >= 11 is 0. The van der Waals surface area contributed by atoms with Crippen molar-refractivity contribution in [2.45, 2.75) is 70.2 Å². The first kappa shape index (κ1) is 16.2. The van der Waals surface area contributed by atoms with Crippen molar-refractivity contribution in [3.63, 3.8) is 0 Å². The van der Waals surface area contributed by atoms with Crippen molar-refractivity contribution in [1.29, 1.82) is 0 Å². The number of hydrogen-bond acceptors (Lipinski definition) is 4. The van der Waals surface area contributed by atoms with Gasteiger partial charge in [-0.1, -0.05) is 6.42 Å². The summed E-state index contributed by atoms with van der Waals surface area (Å²) in [7, 11) is 0. The average molecular weight is 284 g/mol. The summed E-state index contributed by atoms with van der Waals surface area (Å²) in [6.07, 6.45) is 4.14. The molecule has 0 radical (unpaired) electrons. The number of hydrogen-bond donors (Lipinski definition) is 2. The average Bonchev–Trinajstić information content (AvgIpc) is 2.65. The molecule has 118 valence electrons. The zero-order valence-corrected chi connectivity index (χ0v) is 13.6. The van der Waals surface area contributed by atoms with Crippen molar-refractivity contribution in [3.8, 4) is 0 Å². The molecule has 1 aliphatic heterocycles. The lowest BCUT2D eigenvalue weighted by Crippen LogP contribution is -2.57. The molecule has 2 atom stereocenters. The highest BCUT2D eigenvalue weighted by Gasteiger charge is 2.41. The van der Waals surface area contributed by atoms with Crippen LogP contribution in [-0.2, 0) is 4.74 Å². The highest BCUT2D eigenvalue weighted by Crippen LogP contribution is 2.38. The molecule has 2 unspecified atom stereocenters. The van der Waals surface area contributed by atoms with Crippen LogP contribution in [0.15, 0.2) is 0 Å². The lowest BCUT2D eigenvalue weighted by molar-refractivity contribution is -0.181. The highest BCUT2D eigenvalue weighted by molar-refractivity contribution is 4.94. The van der Waals surface area contributed by atoms with Gasteiger partial charge in [0.1, 0.15) is 0 Å². The first-order chi connectivity index (χ1) is 9.16. The number of rotatable bonds is 4. The molecule has 1 saturated carbocycles. The summed E-state index contributed by atoms with van der Waals surface area (Å²) in [6, 6.07) is 0. The standard InChI is InChI=1S/C16H32N2O2/c1-14(2)11-18(12-15(3,4)20-14)9-7-13-6-5-8-16(13,19)10-17/h13,19H,5-12,17H2,1-4H3. The van der Waals surface area contributed by atoms with E-state index in [4.69, 9.17) is 10.5 Å². The van der Waals surface area contributed by atoms with Gasteiger partial charge in [0, 0.05) is 19.6 Å². The Morgan fingerprint density at radius 3 is 2.35 bits per heavy atom. The third kappa shape index (κ3) is 3.73. The fourth-order valence-electron chi connectivity index (χ4n) is 4.25. The molecule has 4 heteroatoms. The predicted octanol–water partition coefficient (Wildman–Crippen LogP) is 1.76. The topological polar surface area (TPSA) is 58.7 Å². The Morgan fingerprint density at radius 1 is 1.20 bits per heavy atom. The molecule has 1 aliphatic carbocycles. The third-order valence-corrected chi connectivity index (χ3v) is 4.83. The monoisotopic (exact) mass is 284 g/mol. The molecule has 0 aromatic rings. The van der Waals surface area contributed by atoms with Crippen molar-refractivity contribution >= 4 is 0 Å². The molecular weight excluding hydrogens is 252 g/mol. The van der Waals surface area contributed by atoms with Gasteiger partial charge in [0.2, 0.25) is 0 Å². The largest absolute Gasteiger partial charge is 0.388 e. The van der Waals surface area contributed by atoms with Crippen LogP contribution in [0.2, 0.25) is 0 Å². The minimum Gasteiger partial charge on any atom is -0.388 e. The van der Waals surface area contributed by atoms with Crippen LogP contribution in [0.3, 0.4) is 0 Å². The van der Waals surface area contributed by atoms with Gasteiger partial charge in [0.25, 0.3) is 0 Å². The molecule has 1 heterocycles. The van der Waals surface area contributed by atoms with Crippen LogP contribution < -0.4 is 5.73 Å². The first-order valence-electron chi connectivity index (χ1n) is 8.01. The van der Waals surface area contributed by atoms with Gasteiger partial charge < -0.3 is 15.6 Å². The maximum Gasteiger partial charge on any atom is 0.0797 e. The fourth-order valence-corrected chi connectivity index (χ4v) is 4.25. The molecule has 2 fully saturated rings. The fraction of sp³-hybridized carbons (Fsp3) is 1.00. The number of morpholine rings is 1. The highest BCUT2D eigenvalue weighted by atomic mass is 16.5. The van der Waals surface area contributed by atoms with E-state index in [0.29, 0.717) is 12.5 Å². The Balaban J connectivity index is 1.90. The second kappa shape index (κ2) is 5.56. The molecule has 0 spiro atoms. The van der Waals surface area contributed by atoms with Crippen LogP contribution in [0, 0.1) is 5.92 Å². The second-order valence-electron chi connectivity index (χ2n) is 8.02. The molecule has 3 N–H and O–H groups in total. The summed E-state index contributed by atoms with van der Waals surface area (Å²) in [5.74, 6) is 0.363. The smallest absolute Gasteiger partial charge is 0.0797 e. The Kier molecular flexibility index (Phi) is 4.51. The van der Waals surface area contributed by atoms with E-state index in [-0.39, 0.29) is 11.2 Å². The molecule has 0 aromatic carbocycles. The van der Waals surface area contributed by atoms with E-state index in [1.54, 1.807) is 0 Å². The van der Waals surface area contributed by atoms with E-state index in [9.17, 15) is 5.11 Å². The normalized spacial score (nSPS) is 37.2. The third-order valence-electron chi connectivity index (χ3n) is 4.83. The Labute approximate surface area is 123 Å². The van der Waals surface area contributed by atoms with Crippen molar-refractivity contribution < 1.29 is 9.84 Å². The van der Waals surface area contributed by atoms with Crippen molar-refractivity contribution in [2.24, 2.45) is 11.7 Å². The molecule has 20 heavy (non-hydrogen) atoms. The van der Waals surface area contributed by atoms with E-state index in [1.807, 2.05) is 0 Å². The number of ether oxygens (including phenoxy) is 1. The van der Waals surface area contributed by atoms with E-state index >= 15 is 0 Å². The van der Waals surface area contributed by atoms with Gasteiger partial charge in [-0.15, -0.1) is 0 Å². The Hall–Kier alpha value is -0.160. The maximum atomic E-state index is 10.5. The van der Waals surface area contributed by atoms with Gasteiger partial charge in [-0.25, -0.2) is 0 Å². The second-order valence-corrected chi connectivity index (χ2v) is 8.02. The quantitative estimate of drug-likeness (QED) is 0.826. The number of nitrogens with zero attached hydrogens (tertiary/aromatic N) is 1. The lowest BCUT2D eigenvalue weighted by Gasteiger charge is -2.47. The van der Waals surface area contributed by atoms with Crippen LogP contribution in [-0.4, -0.2) is 53.0 Å². The summed E-state index contributed by atoms with van der Waals surface area (Å²) in [5, 5.41) is 10.5.